The Morgan fingerprint density at radius 2 is 1.67 bits per heavy atom. The van der Waals surface area contributed by atoms with Gasteiger partial charge in [0.15, 0.2) is 0 Å². The van der Waals surface area contributed by atoms with Crippen LogP contribution in [0, 0.1) is 20.8 Å². The molecule has 0 fully saturated rings. The summed E-state index contributed by atoms with van der Waals surface area (Å²) in [5, 5.41) is 1.37. The van der Waals surface area contributed by atoms with Crippen LogP contribution in [0.5, 0.6) is 0 Å². The van der Waals surface area contributed by atoms with Gasteiger partial charge in [0.05, 0.1) is 0 Å². The number of hydrogen-bond acceptors (Lipinski definition) is 0. The van der Waals surface area contributed by atoms with E-state index in [0.717, 1.165) is 0 Å². The lowest BCUT2D eigenvalue weighted by molar-refractivity contribution is 0.715. The average Bonchev–Trinajstić information content (AvgIpc) is 2.23. The smallest absolute Gasteiger partial charge is 0.0268 e. The van der Waals surface area contributed by atoms with E-state index in [0.29, 0.717) is 0 Å². The fraction of sp³-hybridized carbons (Fsp3) is 0.571. The van der Waals surface area contributed by atoms with E-state index in [9.17, 15) is 0 Å². The molecule has 0 aliphatic rings. The molecule has 1 aromatic rings. The lowest BCUT2D eigenvalue weighted by atomic mass is 9.95. The van der Waals surface area contributed by atoms with E-state index in [2.05, 4.69) is 43.0 Å². The summed E-state index contributed by atoms with van der Waals surface area (Å²) in [4.78, 5) is 0. The predicted molar refractivity (Wildman–Crippen MR) is 73.2 cm³/mol. The molecule has 1 heteroatoms. The maximum absolute atomic E-state index is 2.86. The molecule has 0 aliphatic heterocycles. The zero-order chi connectivity index (χ0) is 11.4. The van der Waals surface area contributed by atoms with Gasteiger partial charge in [0.1, 0.15) is 0 Å². The van der Waals surface area contributed by atoms with Gasteiger partial charge < -0.3 is 0 Å². The second-order valence-electron chi connectivity index (χ2n) is 4.46. The van der Waals surface area contributed by atoms with Crippen molar-refractivity contribution in [2.75, 3.05) is 0 Å². The Bertz CT molecular complexity index is 340. The molecular weight excluding hydrogens is 199 g/mol. The Morgan fingerprint density at radius 1 is 1.00 bits per heavy atom. The van der Waals surface area contributed by atoms with Crippen molar-refractivity contribution >= 4 is 14.5 Å². The van der Waals surface area contributed by atoms with E-state index in [1.807, 2.05) is 0 Å². The lowest BCUT2D eigenvalue weighted by Gasteiger charge is -2.13. The fourth-order valence-electron chi connectivity index (χ4n) is 1.97. The monoisotopic (exact) mass is 222 g/mol. The van der Waals surface area contributed by atoms with E-state index in [1.165, 1.54) is 53.2 Å². The maximum atomic E-state index is 2.86. The van der Waals surface area contributed by atoms with Crippen molar-refractivity contribution in [3.8, 4) is 0 Å². The van der Waals surface area contributed by atoms with Crippen molar-refractivity contribution in [3.05, 3.63) is 28.3 Å². The number of aryl methyl sites for hydroxylation is 1. The zero-order valence-electron chi connectivity index (χ0n) is 10.5. The molecule has 1 unspecified atom stereocenters. The number of rotatable bonds is 4. The van der Waals surface area contributed by atoms with Crippen molar-refractivity contribution in [2.24, 2.45) is 0 Å². The minimum atomic E-state index is 1.24. The second kappa shape index (κ2) is 5.66. The summed E-state index contributed by atoms with van der Waals surface area (Å²) >= 11 is 0. The van der Waals surface area contributed by atoms with Gasteiger partial charge in [-0.1, -0.05) is 25.8 Å². The third-order valence-corrected chi connectivity index (χ3v) is 4.02. The van der Waals surface area contributed by atoms with Crippen molar-refractivity contribution in [3.63, 3.8) is 0 Å². The van der Waals surface area contributed by atoms with Crippen molar-refractivity contribution in [2.45, 2.75) is 53.4 Å². The fourth-order valence-corrected chi connectivity index (χ4v) is 2.39. The normalized spacial score (nSPS) is 10.7. The summed E-state index contributed by atoms with van der Waals surface area (Å²) < 4.78 is 0. The highest BCUT2D eigenvalue weighted by atomic mass is 31.0. The van der Waals surface area contributed by atoms with Crippen LogP contribution in [0.3, 0.4) is 0 Å². The van der Waals surface area contributed by atoms with Gasteiger partial charge in [-0.3, -0.25) is 0 Å². The van der Waals surface area contributed by atoms with Crippen LogP contribution < -0.4 is 5.30 Å². The molecule has 0 spiro atoms. The molecule has 1 rings (SSSR count). The van der Waals surface area contributed by atoms with Crippen molar-refractivity contribution in [1.82, 2.24) is 0 Å². The van der Waals surface area contributed by atoms with Gasteiger partial charge in [-0.2, -0.15) is 0 Å². The second-order valence-corrected chi connectivity index (χ2v) is 5.08. The molecule has 84 valence electrons. The summed E-state index contributed by atoms with van der Waals surface area (Å²) in [5.41, 5.74) is 5.93. The Hall–Kier alpha value is -0.350. The lowest BCUT2D eigenvalue weighted by Crippen LogP contribution is -2.06. The van der Waals surface area contributed by atoms with Crippen LogP contribution in [-0.4, -0.2) is 0 Å². The average molecular weight is 222 g/mol. The Labute approximate surface area is 96.7 Å². The molecule has 1 atom stereocenters. The summed E-state index contributed by atoms with van der Waals surface area (Å²) in [5.74, 6) is 0. The van der Waals surface area contributed by atoms with Gasteiger partial charge in [-0.25, -0.2) is 0 Å². The van der Waals surface area contributed by atoms with Gasteiger partial charge in [0, 0.05) is 0 Å². The Balaban J connectivity index is 2.89. The van der Waals surface area contributed by atoms with E-state index in [1.54, 1.807) is 0 Å². The van der Waals surface area contributed by atoms with Crippen LogP contribution in [-0.2, 0) is 6.42 Å². The van der Waals surface area contributed by atoms with Gasteiger partial charge >= 0.3 is 0 Å². The molecule has 1 aromatic carbocycles. The number of benzene rings is 1. The van der Waals surface area contributed by atoms with Gasteiger partial charge in [0.2, 0.25) is 0 Å². The molecule has 0 amide bonds. The molecule has 15 heavy (non-hydrogen) atoms. The van der Waals surface area contributed by atoms with Crippen molar-refractivity contribution < 1.29 is 0 Å². The van der Waals surface area contributed by atoms with Gasteiger partial charge in [0.25, 0.3) is 0 Å². The van der Waals surface area contributed by atoms with Gasteiger partial charge in [-0.15, -0.1) is 9.24 Å². The Morgan fingerprint density at radius 3 is 2.27 bits per heavy atom. The van der Waals surface area contributed by atoms with Crippen LogP contribution in [0.15, 0.2) is 6.07 Å². The van der Waals surface area contributed by atoms with E-state index in [-0.39, 0.29) is 0 Å². The minimum absolute atomic E-state index is 1.24. The van der Waals surface area contributed by atoms with Crippen LogP contribution in [0.1, 0.15) is 48.4 Å². The summed E-state index contributed by atoms with van der Waals surface area (Å²) in [6, 6.07) is 2.35. The first kappa shape index (κ1) is 12.7. The molecule has 0 bridgehead atoms. The summed E-state index contributed by atoms with van der Waals surface area (Å²) in [6.07, 6.45) is 5.21. The van der Waals surface area contributed by atoms with Crippen LogP contribution in [0.25, 0.3) is 0 Å². The highest BCUT2D eigenvalue weighted by Gasteiger charge is 2.06. The van der Waals surface area contributed by atoms with E-state index < -0.39 is 0 Å². The number of unbranched alkanes of at least 4 members (excludes halogenated alkanes) is 2. The molecule has 0 aromatic heterocycles. The molecule has 0 aliphatic carbocycles. The quantitative estimate of drug-likeness (QED) is 0.536. The summed E-state index contributed by atoms with van der Waals surface area (Å²) in [7, 11) is 2.86. The van der Waals surface area contributed by atoms with Crippen LogP contribution >= 0.6 is 9.24 Å². The standard InChI is InChI=1S/C14H23P/c1-5-6-7-8-13-9-14(15)12(4)10(2)11(13)3/h9H,5-8,15H2,1-4H3. The van der Waals surface area contributed by atoms with E-state index >= 15 is 0 Å². The highest BCUT2D eigenvalue weighted by Crippen LogP contribution is 2.19. The van der Waals surface area contributed by atoms with E-state index in [4.69, 9.17) is 0 Å². The SMILES string of the molecule is CCCCCc1cc(P)c(C)c(C)c1C. The van der Waals surface area contributed by atoms with Crippen LogP contribution in [0.2, 0.25) is 0 Å². The Kier molecular flexibility index (Phi) is 4.80. The third-order valence-electron chi connectivity index (χ3n) is 3.42. The largest absolute Gasteiger partial charge is 0.105 e. The topological polar surface area (TPSA) is 0 Å². The zero-order valence-corrected chi connectivity index (χ0v) is 11.6. The highest BCUT2D eigenvalue weighted by molar-refractivity contribution is 7.27. The predicted octanol–water partition coefficient (Wildman–Crippen LogP) is 3.84. The summed E-state index contributed by atoms with van der Waals surface area (Å²) in [6.45, 7) is 8.96. The van der Waals surface area contributed by atoms with Gasteiger partial charge in [-0.05, 0) is 61.2 Å². The minimum Gasteiger partial charge on any atom is -0.105 e. The molecule has 0 saturated heterocycles. The number of hydrogen-bond donors (Lipinski definition) is 0. The first-order valence-electron chi connectivity index (χ1n) is 5.93. The molecule has 0 nitrogen and oxygen atoms in total. The maximum Gasteiger partial charge on any atom is -0.0268 e. The van der Waals surface area contributed by atoms with Crippen molar-refractivity contribution in [1.29, 1.82) is 0 Å². The molecule has 0 radical (unpaired) electrons. The molecular formula is C14H23P. The molecule has 0 heterocycles. The first-order valence-corrected chi connectivity index (χ1v) is 6.50. The molecule has 0 N–H and O–H groups in total. The third kappa shape index (κ3) is 3.05. The molecule has 0 saturated carbocycles. The van der Waals surface area contributed by atoms with Crippen LogP contribution in [0.4, 0.5) is 0 Å². The first-order chi connectivity index (χ1) is 7.07.